The van der Waals surface area contributed by atoms with Crippen LogP contribution in [0.3, 0.4) is 0 Å². The zero-order valence-corrected chi connectivity index (χ0v) is 7.63. The Morgan fingerprint density at radius 1 is 1.45 bits per heavy atom. The highest BCUT2D eigenvalue weighted by Crippen LogP contribution is 2.28. The minimum absolute atomic E-state index is 0.339. The molecule has 0 saturated heterocycles. The van der Waals surface area contributed by atoms with E-state index in [9.17, 15) is 4.79 Å². The number of amides is 1. The second kappa shape index (κ2) is 3.24. The van der Waals surface area contributed by atoms with Gasteiger partial charge in [-0.05, 0) is 26.7 Å². The summed E-state index contributed by atoms with van der Waals surface area (Å²) >= 11 is 0. The molecule has 0 atom stereocenters. The van der Waals surface area contributed by atoms with Crippen molar-refractivity contribution in [2.45, 2.75) is 39.2 Å². The molecule has 1 amide bonds. The molecule has 0 bridgehead atoms. The first-order valence-corrected chi connectivity index (χ1v) is 4.39. The van der Waals surface area contributed by atoms with E-state index in [1.807, 2.05) is 11.9 Å². The van der Waals surface area contributed by atoms with Crippen molar-refractivity contribution in [3.8, 4) is 0 Å². The molecule has 0 aliphatic heterocycles. The zero-order chi connectivity index (χ0) is 8.43. The van der Waals surface area contributed by atoms with Crippen LogP contribution in [0, 0.1) is 5.92 Å². The van der Waals surface area contributed by atoms with Crippen LogP contribution in [-0.4, -0.2) is 23.9 Å². The van der Waals surface area contributed by atoms with Crippen molar-refractivity contribution < 1.29 is 4.79 Å². The molecule has 1 aliphatic carbocycles. The molecule has 0 aromatic carbocycles. The van der Waals surface area contributed by atoms with Gasteiger partial charge in [0.05, 0.1) is 0 Å². The minimum atomic E-state index is 0.339. The lowest BCUT2D eigenvalue weighted by Gasteiger charge is -2.31. The third kappa shape index (κ3) is 1.73. The van der Waals surface area contributed by atoms with Crippen molar-refractivity contribution in [2.75, 3.05) is 7.05 Å². The Kier molecular flexibility index (Phi) is 2.53. The highest BCUT2D eigenvalue weighted by atomic mass is 16.2. The fourth-order valence-electron chi connectivity index (χ4n) is 1.20. The predicted octanol–water partition coefficient (Wildman–Crippen LogP) is 1.65. The molecule has 1 fully saturated rings. The SMILES string of the molecule is CC(C)N(C)C(=O)C1CCC1. The molecule has 2 heteroatoms. The molecule has 64 valence electrons. The summed E-state index contributed by atoms with van der Waals surface area (Å²) in [5.74, 6) is 0.689. The average Bonchev–Trinajstić information content (AvgIpc) is 1.82. The molecule has 11 heavy (non-hydrogen) atoms. The lowest BCUT2D eigenvalue weighted by Crippen LogP contribution is -2.40. The summed E-state index contributed by atoms with van der Waals surface area (Å²) < 4.78 is 0. The lowest BCUT2D eigenvalue weighted by atomic mass is 9.84. The van der Waals surface area contributed by atoms with Crippen molar-refractivity contribution in [1.29, 1.82) is 0 Å². The Hall–Kier alpha value is -0.530. The van der Waals surface area contributed by atoms with Gasteiger partial charge in [0, 0.05) is 19.0 Å². The van der Waals surface area contributed by atoms with E-state index in [1.54, 1.807) is 0 Å². The van der Waals surface area contributed by atoms with E-state index in [-0.39, 0.29) is 0 Å². The molecular formula is C9H17NO. The second-order valence-corrected chi connectivity index (χ2v) is 3.67. The molecule has 0 spiro atoms. The fraction of sp³-hybridized carbons (Fsp3) is 0.889. The van der Waals surface area contributed by atoms with Gasteiger partial charge in [0.25, 0.3) is 0 Å². The average molecular weight is 155 g/mol. The molecule has 0 N–H and O–H groups in total. The lowest BCUT2D eigenvalue weighted by molar-refractivity contribution is -0.138. The quantitative estimate of drug-likeness (QED) is 0.594. The molecule has 0 aromatic heterocycles. The predicted molar refractivity (Wildman–Crippen MR) is 45.2 cm³/mol. The molecule has 0 radical (unpaired) electrons. The van der Waals surface area contributed by atoms with Crippen LogP contribution in [0.5, 0.6) is 0 Å². The van der Waals surface area contributed by atoms with E-state index >= 15 is 0 Å². The summed E-state index contributed by atoms with van der Waals surface area (Å²) in [7, 11) is 1.89. The first kappa shape index (κ1) is 8.57. The van der Waals surface area contributed by atoms with Gasteiger partial charge in [-0.3, -0.25) is 4.79 Å². The number of hydrogen-bond donors (Lipinski definition) is 0. The normalized spacial score (nSPS) is 18.2. The van der Waals surface area contributed by atoms with Gasteiger partial charge in [-0.1, -0.05) is 6.42 Å². The summed E-state index contributed by atoms with van der Waals surface area (Å²) in [6.07, 6.45) is 3.45. The fourth-order valence-corrected chi connectivity index (χ4v) is 1.20. The van der Waals surface area contributed by atoms with Crippen molar-refractivity contribution in [3.05, 3.63) is 0 Å². The molecule has 0 aromatic rings. The van der Waals surface area contributed by atoms with Gasteiger partial charge < -0.3 is 4.90 Å². The number of rotatable bonds is 2. The molecule has 0 heterocycles. The monoisotopic (exact) mass is 155 g/mol. The maximum Gasteiger partial charge on any atom is 0.225 e. The number of nitrogens with zero attached hydrogens (tertiary/aromatic N) is 1. The highest BCUT2D eigenvalue weighted by Gasteiger charge is 2.28. The molecule has 1 saturated carbocycles. The van der Waals surface area contributed by atoms with Gasteiger partial charge >= 0.3 is 0 Å². The standard InChI is InChI=1S/C9H17NO/c1-7(2)10(3)9(11)8-5-4-6-8/h7-8H,4-6H2,1-3H3. The van der Waals surface area contributed by atoms with Crippen LogP contribution in [-0.2, 0) is 4.79 Å². The van der Waals surface area contributed by atoms with Crippen LogP contribution in [0.2, 0.25) is 0 Å². The Morgan fingerprint density at radius 3 is 2.27 bits per heavy atom. The van der Waals surface area contributed by atoms with Crippen LogP contribution in [0.4, 0.5) is 0 Å². The number of carbonyl (C=O) groups excluding carboxylic acids is 1. The Balaban J connectivity index is 2.39. The van der Waals surface area contributed by atoms with Crippen molar-refractivity contribution in [2.24, 2.45) is 5.92 Å². The maximum atomic E-state index is 11.5. The van der Waals surface area contributed by atoms with Crippen molar-refractivity contribution >= 4 is 5.91 Å². The molecular weight excluding hydrogens is 138 g/mol. The Bertz CT molecular complexity index is 150. The van der Waals surface area contributed by atoms with Gasteiger partial charge in [-0.2, -0.15) is 0 Å². The van der Waals surface area contributed by atoms with E-state index in [0.29, 0.717) is 17.9 Å². The van der Waals surface area contributed by atoms with Crippen LogP contribution >= 0.6 is 0 Å². The second-order valence-electron chi connectivity index (χ2n) is 3.67. The highest BCUT2D eigenvalue weighted by molar-refractivity contribution is 5.79. The van der Waals surface area contributed by atoms with Gasteiger partial charge in [0.1, 0.15) is 0 Å². The Labute approximate surface area is 68.6 Å². The molecule has 2 nitrogen and oxygen atoms in total. The van der Waals surface area contributed by atoms with Gasteiger partial charge in [0.15, 0.2) is 0 Å². The van der Waals surface area contributed by atoms with E-state index in [4.69, 9.17) is 0 Å². The first-order valence-electron chi connectivity index (χ1n) is 4.39. The van der Waals surface area contributed by atoms with Crippen molar-refractivity contribution in [1.82, 2.24) is 4.90 Å². The van der Waals surface area contributed by atoms with Crippen LogP contribution in [0.25, 0.3) is 0 Å². The number of hydrogen-bond acceptors (Lipinski definition) is 1. The Morgan fingerprint density at radius 2 is 2.00 bits per heavy atom. The van der Waals surface area contributed by atoms with Crippen LogP contribution in [0.1, 0.15) is 33.1 Å². The van der Waals surface area contributed by atoms with Crippen LogP contribution < -0.4 is 0 Å². The number of carbonyl (C=O) groups is 1. The summed E-state index contributed by atoms with van der Waals surface area (Å²) in [5.41, 5.74) is 0. The van der Waals surface area contributed by atoms with Crippen LogP contribution in [0.15, 0.2) is 0 Å². The van der Waals surface area contributed by atoms with Gasteiger partial charge in [0.2, 0.25) is 5.91 Å². The summed E-state index contributed by atoms with van der Waals surface area (Å²) in [5, 5.41) is 0. The van der Waals surface area contributed by atoms with E-state index in [1.165, 1.54) is 6.42 Å². The van der Waals surface area contributed by atoms with Gasteiger partial charge in [-0.15, -0.1) is 0 Å². The third-order valence-corrected chi connectivity index (χ3v) is 2.58. The van der Waals surface area contributed by atoms with E-state index < -0.39 is 0 Å². The van der Waals surface area contributed by atoms with Crippen molar-refractivity contribution in [3.63, 3.8) is 0 Å². The first-order chi connectivity index (χ1) is 5.13. The summed E-state index contributed by atoms with van der Waals surface area (Å²) in [6, 6.07) is 0.350. The summed E-state index contributed by atoms with van der Waals surface area (Å²) in [4.78, 5) is 13.3. The summed E-state index contributed by atoms with van der Waals surface area (Å²) in [6.45, 7) is 4.10. The van der Waals surface area contributed by atoms with E-state index in [2.05, 4.69) is 13.8 Å². The maximum absolute atomic E-state index is 11.5. The smallest absolute Gasteiger partial charge is 0.225 e. The molecule has 0 unspecified atom stereocenters. The largest absolute Gasteiger partial charge is 0.343 e. The van der Waals surface area contributed by atoms with E-state index in [0.717, 1.165) is 12.8 Å². The molecule has 1 rings (SSSR count). The molecule has 1 aliphatic rings. The topological polar surface area (TPSA) is 20.3 Å². The minimum Gasteiger partial charge on any atom is -0.343 e. The third-order valence-electron chi connectivity index (χ3n) is 2.58. The van der Waals surface area contributed by atoms with Gasteiger partial charge in [-0.25, -0.2) is 0 Å². The zero-order valence-electron chi connectivity index (χ0n) is 7.63.